The number of rotatable bonds is 3. The van der Waals surface area contributed by atoms with Crippen molar-refractivity contribution in [3.05, 3.63) is 22.7 Å². The summed E-state index contributed by atoms with van der Waals surface area (Å²) in [6, 6.07) is 5.64. The quantitative estimate of drug-likeness (QED) is 0.925. The van der Waals surface area contributed by atoms with Gasteiger partial charge in [0.05, 0.1) is 7.11 Å². The zero-order valence-electron chi connectivity index (χ0n) is 9.65. The normalized spacial score (nSPS) is 19.8. The minimum absolute atomic E-state index is 0.126. The van der Waals surface area contributed by atoms with Crippen LogP contribution in [0, 0.1) is 5.92 Å². The van der Waals surface area contributed by atoms with Crippen LogP contribution >= 0.6 is 15.9 Å². The predicted molar refractivity (Wildman–Crippen MR) is 70.2 cm³/mol. The molecule has 5 heteroatoms. The van der Waals surface area contributed by atoms with Crippen molar-refractivity contribution in [1.82, 2.24) is 0 Å². The van der Waals surface area contributed by atoms with Gasteiger partial charge in [0.25, 0.3) is 0 Å². The first-order valence-electron chi connectivity index (χ1n) is 5.49. The summed E-state index contributed by atoms with van der Waals surface area (Å²) >= 11 is 3.41. The lowest BCUT2D eigenvalue weighted by Gasteiger charge is -2.17. The lowest BCUT2D eigenvalue weighted by molar-refractivity contribution is -0.117. The van der Waals surface area contributed by atoms with Gasteiger partial charge in [-0.25, -0.2) is 0 Å². The van der Waals surface area contributed by atoms with E-state index in [2.05, 4.69) is 15.9 Å². The van der Waals surface area contributed by atoms with Crippen LogP contribution in [-0.4, -0.2) is 26.1 Å². The van der Waals surface area contributed by atoms with E-state index >= 15 is 0 Å². The molecular formula is C12H15BrN2O2. The van der Waals surface area contributed by atoms with Crippen LogP contribution in [0.3, 0.4) is 0 Å². The molecule has 1 aliphatic rings. The SMILES string of the molecule is COc1cc(Br)cc(N2CC(CN)CC2=O)c1. The van der Waals surface area contributed by atoms with E-state index in [9.17, 15) is 4.79 Å². The van der Waals surface area contributed by atoms with E-state index in [1.165, 1.54) is 0 Å². The first-order chi connectivity index (χ1) is 8.13. The van der Waals surface area contributed by atoms with Gasteiger partial charge in [0.1, 0.15) is 5.75 Å². The van der Waals surface area contributed by atoms with Crippen molar-refractivity contribution in [3.8, 4) is 5.75 Å². The van der Waals surface area contributed by atoms with Crippen LogP contribution < -0.4 is 15.4 Å². The van der Waals surface area contributed by atoms with E-state index in [0.717, 1.165) is 15.9 Å². The van der Waals surface area contributed by atoms with Crippen molar-refractivity contribution in [2.75, 3.05) is 25.1 Å². The molecule has 0 aliphatic carbocycles. The van der Waals surface area contributed by atoms with Gasteiger partial charge >= 0.3 is 0 Å². The number of ether oxygens (including phenoxy) is 1. The average molecular weight is 299 g/mol. The van der Waals surface area contributed by atoms with Gasteiger partial charge in [-0.05, 0) is 24.6 Å². The Labute approximate surface area is 109 Å². The Balaban J connectivity index is 2.28. The Bertz CT molecular complexity index is 437. The number of nitrogens with zero attached hydrogens (tertiary/aromatic N) is 1. The highest BCUT2D eigenvalue weighted by atomic mass is 79.9. The molecule has 1 amide bonds. The molecule has 0 bridgehead atoms. The van der Waals surface area contributed by atoms with E-state index in [-0.39, 0.29) is 11.8 Å². The molecule has 1 atom stereocenters. The number of halogens is 1. The first-order valence-corrected chi connectivity index (χ1v) is 6.28. The number of benzene rings is 1. The second-order valence-electron chi connectivity index (χ2n) is 4.16. The molecule has 17 heavy (non-hydrogen) atoms. The van der Waals surface area contributed by atoms with Crippen molar-refractivity contribution in [3.63, 3.8) is 0 Å². The van der Waals surface area contributed by atoms with Crippen molar-refractivity contribution in [2.45, 2.75) is 6.42 Å². The number of amides is 1. The molecular weight excluding hydrogens is 284 g/mol. The molecule has 0 spiro atoms. The zero-order valence-corrected chi connectivity index (χ0v) is 11.2. The second kappa shape index (κ2) is 5.06. The highest BCUT2D eigenvalue weighted by Crippen LogP contribution is 2.31. The minimum atomic E-state index is 0.126. The highest BCUT2D eigenvalue weighted by molar-refractivity contribution is 9.10. The van der Waals surface area contributed by atoms with Crippen LogP contribution in [0.4, 0.5) is 5.69 Å². The third kappa shape index (κ3) is 2.61. The topological polar surface area (TPSA) is 55.6 Å². The molecule has 1 unspecified atom stereocenters. The van der Waals surface area contributed by atoms with Gasteiger partial charge in [-0.2, -0.15) is 0 Å². The fraction of sp³-hybridized carbons (Fsp3) is 0.417. The number of hydrogen-bond donors (Lipinski definition) is 1. The smallest absolute Gasteiger partial charge is 0.227 e. The van der Waals surface area contributed by atoms with Crippen molar-refractivity contribution in [2.24, 2.45) is 11.7 Å². The van der Waals surface area contributed by atoms with Crippen LogP contribution in [0.15, 0.2) is 22.7 Å². The molecule has 0 radical (unpaired) electrons. The Morgan fingerprint density at radius 1 is 1.53 bits per heavy atom. The fourth-order valence-corrected chi connectivity index (χ4v) is 2.47. The minimum Gasteiger partial charge on any atom is -0.497 e. The molecule has 4 nitrogen and oxygen atoms in total. The van der Waals surface area contributed by atoms with Crippen LogP contribution in [0.2, 0.25) is 0 Å². The van der Waals surface area contributed by atoms with Gasteiger partial charge in [0.2, 0.25) is 5.91 Å². The number of carbonyl (C=O) groups excluding carboxylic acids is 1. The molecule has 0 aromatic heterocycles. The Hall–Kier alpha value is -1.07. The summed E-state index contributed by atoms with van der Waals surface area (Å²) in [7, 11) is 1.61. The van der Waals surface area contributed by atoms with E-state index in [0.29, 0.717) is 19.5 Å². The number of carbonyl (C=O) groups is 1. The summed E-state index contributed by atoms with van der Waals surface area (Å²) in [6.45, 7) is 1.24. The summed E-state index contributed by atoms with van der Waals surface area (Å²) < 4.78 is 6.09. The second-order valence-corrected chi connectivity index (χ2v) is 5.08. The maximum Gasteiger partial charge on any atom is 0.227 e. The largest absolute Gasteiger partial charge is 0.497 e. The van der Waals surface area contributed by atoms with Crippen LogP contribution in [0.25, 0.3) is 0 Å². The number of methoxy groups -OCH3 is 1. The molecule has 92 valence electrons. The first kappa shape index (κ1) is 12.4. The van der Waals surface area contributed by atoms with Crippen molar-refractivity contribution in [1.29, 1.82) is 0 Å². The summed E-state index contributed by atoms with van der Waals surface area (Å²) in [6.07, 6.45) is 0.533. The van der Waals surface area contributed by atoms with Crippen LogP contribution in [0.1, 0.15) is 6.42 Å². The van der Waals surface area contributed by atoms with Crippen LogP contribution in [-0.2, 0) is 4.79 Å². The molecule has 1 saturated heterocycles. The number of anilines is 1. The van der Waals surface area contributed by atoms with Gasteiger partial charge in [-0.3, -0.25) is 4.79 Å². The standard InChI is InChI=1S/C12H15BrN2O2/c1-17-11-4-9(13)3-10(5-11)15-7-8(6-14)2-12(15)16/h3-5,8H,2,6-7,14H2,1H3. The van der Waals surface area contributed by atoms with Gasteiger partial charge in [0.15, 0.2) is 0 Å². The molecule has 1 aliphatic heterocycles. The Morgan fingerprint density at radius 2 is 2.29 bits per heavy atom. The average Bonchev–Trinajstić information content (AvgIpc) is 2.69. The third-order valence-corrected chi connectivity index (χ3v) is 3.40. The Morgan fingerprint density at radius 3 is 2.88 bits per heavy atom. The zero-order chi connectivity index (χ0) is 12.4. The van der Waals surface area contributed by atoms with Crippen molar-refractivity contribution >= 4 is 27.5 Å². The van der Waals surface area contributed by atoms with Crippen molar-refractivity contribution < 1.29 is 9.53 Å². The molecule has 0 saturated carbocycles. The van der Waals surface area contributed by atoms with Gasteiger partial charge < -0.3 is 15.4 Å². The predicted octanol–water partition coefficient (Wildman–Crippen LogP) is 1.77. The fourth-order valence-electron chi connectivity index (χ4n) is 2.01. The molecule has 2 rings (SSSR count). The maximum absolute atomic E-state index is 11.9. The lowest BCUT2D eigenvalue weighted by atomic mass is 10.1. The van der Waals surface area contributed by atoms with Gasteiger partial charge in [-0.1, -0.05) is 15.9 Å². The maximum atomic E-state index is 11.9. The summed E-state index contributed by atoms with van der Waals surface area (Å²) in [5.74, 6) is 1.12. The summed E-state index contributed by atoms with van der Waals surface area (Å²) in [5, 5.41) is 0. The highest BCUT2D eigenvalue weighted by Gasteiger charge is 2.29. The molecule has 1 aromatic carbocycles. The van der Waals surface area contributed by atoms with E-state index in [1.807, 2.05) is 18.2 Å². The Kier molecular flexibility index (Phi) is 3.69. The van der Waals surface area contributed by atoms with E-state index in [1.54, 1.807) is 12.0 Å². The monoisotopic (exact) mass is 298 g/mol. The van der Waals surface area contributed by atoms with E-state index in [4.69, 9.17) is 10.5 Å². The molecule has 1 heterocycles. The van der Waals surface area contributed by atoms with E-state index < -0.39 is 0 Å². The molecule has 1 aromatic rings. The summed E-state index contributed by atoms with van der Waals surface area (Å²) in [4.78, 5) is 13.6. The molecule has 1 fully saturated rings. The van der Waals surface area contributed by atoms with Gasteiger partial charge in [0, 0.05) is 29.2 Å². The number of hydrogen-bond acceptors (Lipinski definition) is 3. The van der Waals surface area contributed by atoms with Gasteiger partial charge in [-0.15, -0.1) is 0 Å². The lowest BCUT2D eigenvalue weighted by Crippen LogP contribution is -2.25. The summed E-state index contributed by atoms with van der Waals surface area (Å²) in [5.41, 5.74) is 6.47. The number of nitrogens with two attached hydrogens (primary N) is 1. The van der Waals surface area contributed by atoms with Crippen LogP contribution in [0.5, 0.6) is 5.75 Å². The molecule has 2 N–H and O–H groups in total. The third-order valence-electron chi connectivity index (χ3n) is 2.94.